The van der Waals surface area contributed by atoms with Crippen LogP contribution in [0.15, 0.2) is 12.5 Å². The Labute approximate surface area is 102 Å². The standard InChI is InChI=1S/C13H20N2O2/c1-8-10(9-6-15(5)7-14-9)11(8)12(16)17-13(2,3)4/h6-8,10-11H,1-5H3/t8-,10+,11-/m0/s1. The normalized spacial score (nSPS) is 27.9. The number of hydrogen-bond donors (Lipinski definition) is 0. The number of aryl methyl sites for hydroxylation is 1. The van der Waals surface area contributed by atoms with E-state index in [4.69, 9.17) is 4.74 Å². The van der Waals surface area contributed by atoms with Gasteiger partial charge in [0.05, 0.1) is 17.9 Å². The summed E-state index contributed by atoms with van der Waals surface area (Å²) in [6, 6.07) is 0. The van der Waals surface area contributed by atoms with Gasteiger partial charge in [-0.3, -0.25) is 4.79 Å². The first-order valence-electron chi connectivity index (χ1n) is 6.00. The summed E-state index contributed by atoms with van der Waals surface area (Å²) in [7, 11) is 1.94. The fraction of sp³-hybridized carbons (Fsp3) is 0.692. The molecule has 17 heavy (non-hydrogen) atoms. The first-order chi connectivity index (χ1) is 7.79. The van der Waals surface area contributed by atoms with Crippen LogP contribution in [0.1, 0.15) is 39.3 Å². The zero-order valence-corrected chi connectivity index (χ0v) is 11.1. The van der Waals surface area contributed by atoms with Crippen molar-refractivity contribution in [2.75, 3.05) is 0 Å². The van der Waals surface area contributed by atoms with Crippen molar-refractivity contribution in [1.82, 2.24) is 9.55 Å². The van der Waals surface area contributed by atoms with Gasteiger partial charge in [-0.25, -0.2) is 4.98 Å². The van der Waals surface area contributed by atoms with E-state index in [1.807, 2.05) is 38.6 Å². The predicted octanol–water partition coefficient (Wildman–Crippen LogP) is 2.11. The van der Waals surface area contributed by atoms with Gasteiger partial charge in [0, 0.05) is 19.2 Å². The van der Waals surface area contributed by atoms with E-state index in [1.165, 1.54) is 0 Å². The molecule has 0 aliphatic heterocycles. The summed E-state index contributed by atoms with van der Waals surface area (Å²) in [6.07, 6.45) is 3.75. The van der Waals surface area contributed by atoms with Crippen molar-refractivity contribution in [3.63, 3.8) is 0 Å². The maximum atomic E-state index is 12.0. The van der Waals surface area contributed by atoms with Gasteiger partial charge in [0.25, 0.3) is 0 Å². The van der Waals surface area contributed by atoms with E-state index in [1.54, 1.807) is 6.33 Å². The monoisotopic (exact) mass is 236 g/mol. The molecule has 1 heterocycles. The number of nitrogens with zero attached hydrogens (tertiary/aromatic N) is 2. The van der Waals surface area contributed by atoms with E-state index in [2.05, 4.69) is 11.9 Å². The molecule has 1 saturated carbocycles. The maximum absolute atomic E-state index is 12.0. The number of hydrogen-bond acceptors (Lipinski definition) is 3. The van der Waals surface area contributed by atoms with Gasteiger partial charge in [0.1, 0.15) is 5.60 Å². The topological polar surface area (TPSA) is 44.1 Å². The van der Waals surface area contributed by atoms with Crippen LogP contribution in [0, 0.1) is 11.8 Å². The van der Waals surface area contributed by atoms with E-state index in [0.717, 1.165) is 5.69 Å². The molecule has 0 saturated heterocycles. The second-order valence-electron chi connectivity index (χ2n) is 5.91. The molecule has 4 heteroatoms. The Balaban J connectivity index is 2.04. The second kappa shape index (κ2) is 3.86. The maximum Gasteiger partial charge on any atom is 0.310 e. The summed E-state index contributed by atoms with van der Waals surface area (Å²) in [5.41, 5.74) is 0.587. The summed E-state index contributed by atoms with van der Waals surface area (Å²) < 4.78 is 7.33. The molecule has 0 bridgehead atoms. The summed E-state index contributed by atoms with van der Waals surface area (Å²) in [5.74, 6) is 0.440. The minimum absolute atomic E-state index is 0.0240. The number of carbonyl (C=O) groups excluding carboxylic acids is 1. The lowest BCUT2D eigenvalue weighted by Crippen LogP contribution is -2.25. The molecule has 2 rings (SSSR count). The highest BCUT2D eigenvalue weighted by Crippen LogP contribution is 2.53. The number of ether oxygens (including phenoxy) is 1. The zero-order chi connectivity index (χ0) is 12.8. The third-order valence-corrected chi connectivity index (χ3v) is 3.12. The Morgan fingerprint density at radius 3 is 2.59 bits per heavy atom. The molecule has 1 aliphatic carbocycles. The molecular weight excluding hydrogens is 216 g/mol. The average molecular weight is 236 g/mol. The Morgan fingerprint density at radius 1 is 1.47 bits per heavy atom. The summed E-state index contributed by atoms with van der Waals surface area (Å²) >= 11 is 0. The molecule has 1 fully saturated rings. The van der Waals surface area contributed by atoms with Gasteiger partial charge in [-0.1, -0.05) is 6.92 Å². The van der Waals surface area contributed by atoms with Crippen LogP contribution >= 0.6 is 0 Å². The number of carbonyl (C=O) groups is 1. The van der Waals surface area contributed by atoms with Crippen molar-refractivity contribution in [2.45, 2.75) is 39.2 Å². The van der Waals surface area contributed by atoms with Crippen molar-refractivity contribution in [2.24, 2.45) is 18.9 Å². The van der Waals surface area contributed by atoms with E-state index < -0.39 is 5.60 Å². The van der Waals surface area contributed by atoms with Gasteiger partial charge in [0.2, 0.25) is 0 Å². The van der Waals surface area contributed by atoms with E-state index >= 15 is 0 Å². The number of aromatic nitrogens is 2. The third kappa shape index (κ3) is 2.51. The minimum Gasteiger partial charge on any atom is -0.460 e. The van der Waals surface area contributed by atoms with Gasteiger partial charge < -0.3 is 9.30 Å². The molecule has 0 radical (unpaired) electrons. The minimum atomic E-state index is -0.409. The van der Waals surface area contributed by atoms with Crippen LogP contribution in [0.4, 0.5) is 0 Å². The van der Waals surface area contributed by atoms with Gasteiger partial charge >= 0.3 is 5.97 Å². The van der Waals surface area contributed by atoms with Crippen LogP contribution in [-0.4, -0.2) is 21.1 Å². The molecule has 1 aliphatic rings. The molecule has 94 valence electrons. The molecular formula is C13H20N2O2. The lowest BCUT2D eigenvalue weighted by molar-refractivity contribution is -0.156. The summed E-state index contributed by atoms with van der Waals surface area (Å²) in [6.45, 7) is 7.77. The highest BCUT2D eigenvalue weighted by atomic mass is 16.6. The van der Waals surface area contributed by atoms with Crippen LogP contribution in [0.25, 0.3) is 0 Å². The molecule has 4 nitrogen and oxygen atoms in total. The number of imidazole rings is 1. The Morgan fingerprint density at radius 2 is 2.12 bits per heavy atom. The van der Waals surface area contributed by atoms with Crippen LogP contribution in [-0.2, 0) is 16.6 Å². The third-order valence-electron chi connectivity index (χ3n) is 3.12. The Bertz CT molecular complexity index is 431. The van der Waals surface area contributed by atoms with Crippen molar-refractivity contribution >= 4 is 5.97 Å². The van der Waals surface area contributed by atoms with Crippen LogP contribution in [0.3, 0.4) is 0 Å². The zero-order valence-electron chi connectivity index (χ0n) is 11.1. The second-order valence-corrected chi connectivity index (χ2v) is 5.91. The molecule has 0 amide bonds. The lowest BCUT2D eigenvalue weighted by atomic mass is 10.2. The van der Waals surface area contributed by atoms with Crippen molar-refractivity contribution in [1.29, 1.82) is 0 Å². The molecule has 0 N–H and O–H groups in total. The highest BCUT2D eigenvalue weighted by molar-refractivity contribution is 5.78. The highest BCUT2D eigenvalue weighted by Gasteiger charge is 2.55. The molecule has 0 unspecified atom stereocenters. The van der Waals surface area contributed by atoms with E-state index in [0.29, 0.717) is 5.92 Å². The first kappa shape index (κ1) is 12.1. The van der Waals surface area contributed by atoms with Crippen molar-refractivity contribution in [3.05, 3.63) is 18.2 Å². The van der Waals surface area contributed by atoms with Gasteiger partial charge in [-0.2, -0.15) is 0 Å². The predicted molar refractivity (Wildman–Crippen MR) is 64.4 cm³/mol. The molecule has 1 aromatic rings. The summed E-state index contributed by atoms with van der Waals surface area (Å²) in [5, 5.41) is 0. The van der Waals surface area contributed by atoms with Crippen LogP contribution in [0.5, 0.6) is 0 Å². The Hall–Kier alpha value is -1.32. The lowest BCUT2D eigenvalue weighted by Gasteiger charge is -2.19. The smallest absolute Gasteiger partial charge is 0.310 e. The van der Waals surface area contributed by atoms with E-state index in [9.17, 15) is 4.79 Å². The molecule has 0 aromatic carbocycles. The van der Waals surface area contributed by atoms with Crippen LogP contribution < -0.4 is 0 Å². The molecule has 0 spiro atoms. The van der Waals surface area contributed by atoms with Gasteiger partial charge in [0.15, 0.2) is 0 Å². The van der Waals surface area contributed by atoms with Crippen molar-refractivity contribution < 1.29 is 9.53 Å². The summed E-state index contributed by atoms with van der Waals surface area (Å²) in [4.78, 5) is 16.3. The van der Waals surface area contributed by atoms with E-state index in [-0.39, 0.29) is 17.8 Å². The fourth-order valence-corrected chi connectivity index (χ4v) is 2.25. The Kier molecular flexibility index (Phi) is 2.76. The quantitative estimate of drug-likeness (QED) is 0.739. The first-order valence-corrected chi connectivity index (χ1v) is 6.00. The fourth-order valence-electron chi connectivity index (χ4n) is 2.25. The number of rotatable bonds is 2. The van der Waals surface area contributed by atoms with Crippen LogP contribution in [0.2, 0.25) is 0 Å². The van der Waals surface area contributed by atoms with Gasteiger partial charge in [-0.05, 0) is 26.7 Å². The van der Waals surface area contributed by atoms with Crippen molar-refractivity contribution in [3.8, 4) is 0 Å². The number of esters is 1. The average Bonchev–Trinajstić information content (AvgIpc) is 2.62. The SMILES string of the molecule is C[C@@H]1[C@H](C(=O)OC(C)(C)C)[C@H]1c1cn(C)cn1. The largest absolute Gasteiger partial charge is 0.460 e. The molecule has 3 atom stereocenters. The molecule has 1 aromatic heterocycles. The van der Waals surface area contributed by atoms with Gasteiger partial charge in [-0.15, -0.1) is 0 Å².